The van der Waals surface area contributed by atoms with Gasteiger partial charge in [0.2, 0.25) is 5.91 Å². The van der Waals surface area contributed by atoms with Gasteiger partial charge in [0.15, 0.2) is 0 Å². The van der Waals surface area contributed by atoms with E-state index in [0.29, 0.717) is 25.3 Å². The highest BCUT2D eigenvalue weighted by Crippen LogP contribution is 2.41. The van der Waals surface area contributed by atoms with E-state index < -0.39 is 0 Å². The molecule has 2 aromatic rings. The second-order valence-corrected chi connectivity index (χ2v) is 8.33. The van der Waals surface area contributed by atoms with Crippen LogP contribution in [-0.2, 0) is 16.1 Å². The van der Waals surface area contributed by atoms with Gasteiger partial charge in [-0.15, -0.1) is 0 Å². The minimum atomic E-state index is -0.314. The Labute approximate surface area is 165 Å². The molecule has 4 rings (SSSR count). The number of carbonyl (C=O) groups excluding carboxylic acids is 1. The molecule has 2 saturated heterocycles. The summed E-state index contributed by atoms with van der Waals surface area (Å²) in [5.41, 5.74) is 3.20. The summed E-state index contributed by atoms with van der Waals surface area (Å²) >= 11 is 0. The Morgan fingerprint density at radius 3 is 2.71 bits per heavy atom. The predicted molar refractivity (Wildman–Crippen MR) is 107 cm³/mol. The van der Waals surface area contributed by atoms with Gasteiger partial charge in [0.05, 0.1) is 12.0 Å². The largest absolute Gasteiger partial charge is 0.422 e. The fourth-order valence-corrected chi connectivity index (χ4v) is 4.83. The van der Waals surface area contributed by atoms with Crippen molar-refractivity contribution in [3.8, 4) is 0 Å². The highest BCUT2D eigenvalue weighted by atomic mass is 16.5. The molecule has 150 valence electrons. The average Bonchev–Trinajstić information content (AvgIpc) is 3.19. The van der Waals surface area contributed by atoms with Crippen molar-refractivity contribution in [1.29, 1.82) is 0 Å². The number of likely N-dealkylation sites (tertiary alicyclic amines) is 2. The van der Waals surface area contributed by atoms with Crippen LogP contribution in [-0.4, -0.2) is 55.6 Å². The van der Waals surface area contributed by atoms with Crippen molar-refractivity contribution in [3.63, 3.8) is 0 Å². The molecule has 6 nitrogen and oxygen atoms in total. The van der Waals surface area contributed by atoms with Gasteiger partial charge in [0.25, 0.3) is 0 Å². The van der Waals surface area contributed by atoms with E-state index in [1.807, 2.05) is 17.9 Å². The van der Waals surface area contributed by atoms with Gasteiger partial charge in [0, 0.05) is 44.7 Å². The first kappa shape index (κ1) is 19.2. The highest BCUT2D eigenvalue weighted by molar-refractivity contribution is 5.86. The third-order valence-electron chi connectivity index (χ3n) is 6.25. The lowest BCUT2D eigenvalue weighted by molar-refractivity contribution is -0.136. The van der Waals surface area contributed by atoms with Gasteiger partial charge in [-0.2, -0.15) is 0 Å². The van der Waals surface area contributed by atoms with Crippen LogP contribution >= 0.6 is 0 Å². The molecule has 0 N–H and O–H groups in total. The number of aryl methyl sites for hydroxylation is 2. The summed E-state index contributed by atoms with van der Waals surface area (Å²) < 4.78 is 10.6. The van der Waals surface area contributed by atoms with Gasteiger partial charge >= 0.3 is 5.63 Å². The van der Waals surface area contributed by atoms with Crippen LogP contribution in [0.1, 0.15) is 29.5 Å². The van der Waals surface area contributed by atoms with Gasteiger partial charge < -0.3 is 14.1 Å². The normalized spacial score (nSPS) is 22.8. The lowest BCUT2D eigenvalue weighted by Crippen LogP contribution is -2.38. The Balaban J connectivity index is 1.56. The summed E-state index contributed by atoms with van der Waals surface area (Å²) in [5, 5.41) is 0.998. The van der Waals surface area contributed by atoms with Crippen LogP contribution in [0.25, 0.3) is 11.0 Å². The Hall–Kier alpha value is -2.18. The van der Waals surface area contributed by atoms with Crippen LogP contribution in [0.3, 0.4) is 0 Å². The Morgan fingerprint density at radius 2 is 1.93 bits per heavy atom. The van der Waals surface area contributed by atoms with Crippen molar-refractivity contribution in [2.45, 2.75) is 33.2 Å². The molecule has 2 fully saturated rings. The molecular formula is C22H28N2O4. The molecule has 0 radical (unpaired) electrons. The number of ether oxygens (including phenoxy) is 1. The van der Waals surface area contributed by atoms with Gasteiger partial charge in [-0.1, -0.05) is 6.07 Å². The quantitative estimate of drug-likeness (QED) is 0.741. The number of hydrogen-bond acceptors (Lipinski definition) is 5. The molecular weight excluding hydrogens is 356 g/mol. The second-order valence-electron chi connectivity index (χ2n) is 8.33. The molecule has 1 aromatic carbocycles. The zero-order valence-electron chi connectivity index (χ0n) is 16.9. The lowest BCUT2D eigenvalue weighted by Gasteiger charge is -2.24. The number of fused-ring (bicyclic) bond motifs is 1. The molecule has 3 heterocycles. The maximum Gasteiger partial charge on any atom is 0.336 e. The standard InChI is InChI=1S/C22H28N2O4/c1-15-10-16(2)20-18(11-15)17(12-19(25)28-20)13-23-6-4-22(14-23)5-7-24(21(22)26)8-9-27-3/h10-12H,4-9,13-14H2,1-3H3. The maximum absolute atomic E-state index is 13.0. The Bertz CT molecular complexity index is 967. The fraction of sp³-hybridized carbons (Fsp3) is 0.545. The van der Waals surface area contributed by atoms with Gasteiger partial charge in [-0.05, 0) is 56.0 Å². The SMILES string of the molecule is COCCN1CCC2(CCN(Cc3cc(=O)oc4c(C)cc(C)cc34)C2)C1=O. The van der Waals surface area contributed by atoms with Crippen molar-refractivity contribution in [2.75, 3.05) is 39.9 Å². The van der Waals surface area contributed by atoms with Crippen molar-refractivity contribution in [3.05, 3.63) is 45.3 Å². The van der Waals surface area contributed by atoms with E-state index in [9.17, 15) is 9.59 Å². The molecule has 2 aliphatic heterocycles. The third-order valence-corrected chi connectivity index (χ3v) is 6.25. The molecule has 1 spiro atoms. The zero-order valence-corrected chi connectivity index (χ0v) is 16.9. The van der Waals surface area contributed by atoms with E-state index in [4.69, 9.17) is 9.15 Å². The van der Waals surface area contributed by atoms with E-state index in [-0.39, 0.29) is 16.9 Å². The molecule has 1 atom stereocenters. The monoisotopic (exact) mass is 384 g/mol. The molecule has 2 aliphatic rings. The second kappa shape index (κ2) is 7.33. The summed E-state index contributed by atoms with van der Waals surface area (Å²) in [6, 6.07) is 5.72. The van der Waals surface area contributed by atoms with Crippen LogP contribution in [0.2, 0.25) is 0 Å². The van der Waals surface area contributed by atoms with Gasteiger partial charge in [0.1, 0.15) is 5.58 Å². The van der Waals surface area contributed by atoms with E-state index in [2.05, 4.69) is 17.9 Å². The molecule has 28 heavy (non-hydrogen) atoms. The Morgan fingerprint density at radius 1 is 1.14 bits per heavy atom. The molecule has 1 amide bonds. The van der Waals surface area contributed by atoms with E-state index in [0.717, 1.165) is 54.6 Å². The molecule has 1 unspecified atom stereocenters. The summed E-state index contributed by atoms with van der Waals surface area (Å²) in [6.07, 6.45) is 1.79. The number of rotatable bonds is 5. The number of amides is 1. The topological polar surface area (TPSA) is 63.0 Å². The number of benzene rings is 1. The van der Waals surface area contributed by atoms with Crippen LogP contribution < -0.4 is 5.63 Å². The Kier molecular flexibility index (Phi) is 5.02. The molecule has 0 aliphatic carbocycles. The summed E-state index contributed by atoms with van der Waals surface area (Å²) in [7, 11) is 1.66. The zero-order chi connectivity index (χ0) is 19.9. The predicted octanol–water partition coefficient (Wildman–Crippen LogP) is 2.48. The number of carbonyl (C=O) groups is 1. The molecule has 0 bridgehead atoms. The molecule has 0 saturated carbocycles. The van der Waals surface area contributed by atoms with Crippen LogP contribution in [0.4, 0.5) is 0 Å². The van der Waals surface area contributed by atoms with E-state index in [1.165, 1.54) is 0 Å². The van der Waals surface area contributed by atoms with Crippen LogP contribution in [0.15, 0.2) is 27.4 Å². The van der Waals surface area contributed by atoms with Gasteiger partial charge in [-0.25, -0.2) is 4.79 Å². The smallest absolute Gasteiger partial charge is 0.336 e. The average molecular weight is 384 g/mol. The maximum atomic E-state index is 13.0. The van der Waals surface area contributed by atoms with Crippen molar-refractivity contribution in [2.24, 2.45) is 5.41 Å². The first-order valence-electron chi connectivity index (χ1n) is 9.96. The number of methoxy groups -OCH3 is 1. The summed E-state index contributed by atoms with van der Waals surface area (Å²) in [6.45, 7) is 8.37. The van der Waals surface area contributed by atoms with Crippen LogP contribution in [0.5, 0.6) is 0 Å². The van der Waals surface area contributed by atoms with Gasteiger partial charge in [-0.3, -0.25) is 9.69 Å². The van der Waals surface area contributed by atoms with Crippen molar-refractivity contribution in [1.82, 2.24) is 9.80 Å². The molecule has 6 heteroatoms. The number of hydrogen-bond donors (Lipinski definition) is 0. The van der Waals surface area contributed by atoms with Crippen molar-refractivity contribution < 1.29 is 13.9 Å². The summed E-state index contributed by atoms with van der Waals surface area (Å²) in [5.74, 6) is 0.260. The summed E-state index contributed by atoms with van der Waals surface area (Å²) in [4.78, 5) is 29.3. The van der Waals surface area contributed by atoms with E-state index in [1.54, 1.807) is 13.2 Å². The minimum absolute atomic E-state index is 0.260. The highest BCUT2D eigenvalue weighted by Gasteiger charge is 2.50. The third kappa shape index (κ3) is 3.35. The first-order chi connectivity index (χ1) is 13.4. The molecule has 1 aromatic heterocycles. The van der Waals surface area contributed by atoms with E-state index >= 15 is 0 Å². The number of nitrogens with zero attached hydrogens (tertiary/aromatic N) is 2. The minimum Gasteiger partial charge on any atom is -0.422 e. The fourth-order valence-electron chi connectivity index (χ4n) is 4.83. The van der Waals surface area contributed by atoms with Crippen LogP contribution in [0, 0.1) is 19.3 Å². The first-order valence-corrected chi connectivity index (χ1v) is 9.96. The lowest BCUT2D eigenvalue weighted by atomic mass is 9.85. The van der Waals surface area contributed by atoms with Crippen molar-refractivity contribution >= 4 is 16.9 Å².